The molecule has 1 atom stereocenters. The molecule has 0 radical (unpaired) electrons. The Hall–Kier alpha value is -2.40. The van der Waals surface area contributed by atoms with E-state index in [0.29, 0.717) is 17.3 Å². The van der Waals surface area contributed by atoms with Crippen molar-refractivity contribution in [3.63, 3.8) is 0 Å². The van der Waals surface area contributed by atoms with Crippen LogP contribution in [-0.2, 0) is 16.0 Å². The fourth-order valence-electron chi connectivity index (χ4n) is 2.66. The number of benzene rings is 1. The number of hydrogen-bond donors (Lipinski definition) is 1. The van der Waals surface area contributed by atoms with Gasteiger partial charge in [-0.15, -0.1) is 0 Å². The van der Waals surface area contributed by atoms with E-state index in [1.807, 2.05) is 12.1 Å². The van der Waals surface area contributed by atoms with Gasteiger partial charge in [0.1, 0.15) is 5.84 Å². The summed E-state index contributed by atoms with van der Waals surface area (Å²) in [5, 5.41) is 3.39. The molecule has 2 aliphatic heterocycles. The zero-order valence-electron chi connectivity index (χ0n) is 11.9. The van der Waals surface area contributed by atoms with Gasteiger partial charge in [-0.2, -0.15) is 4.99 Å². The average Bonchev–Trinajstić information content (AvgIpc) is 2.74. The van der Waals surface area contributed by atoms with Crippen LogP contribution in [-0.4, -0.2) is 28.2 Å². The molecule has 1 aromatic carbocycles. The van der Waals surface area contributed by atoms with Crippen molar-refractivity contribution in [1.82, 2.24) is 10.2 Å². The van der Waals surface area contributed by atoms with Crippen LogP contribution in [0.25, 0.3) is 0 Å². The number of rotatable bonds is 3. The molecule has 22 heavy (non-hydrogen) atoms. The SMILES string of the molecule is CC(=O)NC1(Cc2ccc(Cl)cc2)C(=O)N=C2C=CC=CN21. The van der Waals surface area contributed by atoms with Gasteiger partial charge in [0.2, 0.25) is 11.6 Å². The molecule has 0 bridgehead atoms. The Labute approximate surface area is 133 Å². The molecule has 0 saturated heterocycles. The second kappa shape index (κ2) is 5.42. The van der Waals surface area contributed by atoms with Crippen LogP contribution in [0.4, 0.5) is 0 Å². The number of amides is 2. The van der Waals surface area contributed by atoms with E-state index in [0.717, 1.165) is 5.56 Å². The van der Waals surface area contributed by atoms with Crippen molar-refractivity contribution in [2.45, 2.75) is 19.0 Å². The lowest BCUT2D eigenvalue weighted by Gasteiger charge is -2.37. The quantitative estimate of drug-likeness (QED) is 0.928. The average molecular weight is 316 g/mol. The van der Waals surface area contributed by atoms with Gasteiger partial charge in [0.15, 0.2) is 0 Å². The Balaban J connectivity index is 2.00. The highest BCUT2D eigenvalue weighted by Gasteiger charge is 2.50. The number of hydrogen-bond acceptors (Lipinski definition) is 3. The number of carbonyl (C=O) groups excluding carboxylic acids is 2. The summed E-state index contributed by atoms with van der Waals surface area (Å²) in [5.74, 6) is -0.152. The number of nitrogens with one attached hydrogen (secondary N) is 1. The van der Waals surface area contributed by atoms with Gasteiger partial charge in [-0.25, -0.2) is 0 Å². The molecule has 0 aromatic heterocycles. The maximum absolute atomic E-state index is 12.5. The van der Waals surface area contributed by atoms with Crippen molar-refractivity contribution >= 4 is 29.3 Å². The number of allylic oxidation sites excluding steroid dienone is 2. The van der Waals surface area contributed by atoms with E-state index >= 15 is 0 Å². The van der Waals surface area contributed by atoms with Gasteiger partial charge in [0.05, 0.1) is 0 Å². The van der Waals surface area contributed by atoms with Crippen molar-refractivity contribution in [2.75, 3.05) is 0 Å². The first-order valence-electron chi connectivity index (χ1n) is 6.82. The van der Waals surface area contributed by atoms with Crippen LogP contribution in [0.2, 0.25) is 5.02 Å². The van der Waals surface area contributed by atoms with Crippen LogP contribution in [0.1, 0.15) is 12.5 Å². The van der Waals surface area contributed by atoms with Crippen LogP contribution in [0.15, 0.2) is 53.7 Å². The Bertz CT molecular complexity index is 721. The zero-order valence-corrected chi connectivity index (χ0v) is 12.7. The fraction of sp³-hybridized carbons (Fsp3) is 0.188. The maximum Gasteiger partial charge on any atom is 0.295 e. The third kappa shape index (κ3) is 2.44. The molecule has 112 valence electrons. The standard InChI is InChI=1S/C16H14ClN3O2/c1-11(21)19-16(10-12-5-7-13(17)8-6-12)15(22)18-14-4-2-3-9-20(14)16/h2-9H,10H2,1H3,(H,19,21). The lowest BCUT2D eigenvalue weighted by molar-refractivity contribution is -0.133. The lowest BCUT2D eigenvalue weighted by atomic mass is 9.97. The molecule has 0 saturated carbocycles. The van der Waals surface area contributed by atoms with E-state index < -0.39 is 5.66 Å². The number of aliphatic imine (C=N–C) groups is 1. The van der Waals surface area contributed by atoms with Gasteiger partial charge in [-0.3, -0.25) is 9.59 Å². The van der Waals surface area contributed by atoms with Gasteiger partial charge >= 0.3 is 0 Å². The minimum absolute atomic E-state index is 0.290. The third-order valence-corrected chi connectivity index (χ3v) is 3.83. The number of nitrogens with zero attached hydrogens (tertiary/aromatic N) is 2. The molecular formula is C16H14ClN3O2. The molecule has 5 nitrogen and oxygen atoms in total. The van der Waals surface area contributed by atoms with Crippen molar-refractivity contribution in [3.05, 3.63) is 59.3 Å². The summed E-state index contributed by atoms with van der Waals surface area (Å²) in [5.41, 5.74) is -0.345. The molecule has 0 spiro atoms. The number of amidine groups is 1. The van der Waals surface area contributed by atoms with Gasteiger partial charge in [-0.05, 0) is 29.8 Å². The van der Waals surface area contributed by atoms with Gasteiger partial charge < -0.3 is 10.2 Å². The zero-order chi connectivity index (χ0) is 15.7. The largest absolute Gasteiger partial charge is 0.325 e. The van der Waals surface area contributed by atoms with Crippen molar-refractivity contribution < 1.29 is 9.59 Å². The van der Waals surface area contributed by atoms with Crippen LogP contribution in [0, 0.1) is 0 Å². The predicted molar refractivity (Wildman–Crippen MR) is 84.3 cm³/mol. The first-order chi connectivity index (χ1) is 10.5. The summed E-state index contributed by atoms with van der Waals surface area (Å²) < 4.78 is 0. The summed E-state index contributed by atoms with van der Waals surface area (Å²) in [6, 6.07) is 7.18. The first-order valence-corrected chi connectivity index (χ1v) is 7.19. The molecule has 2 heterocycles. The molecular weight excluding hydrogens is 302 g/mol. The van der Waals surface area contributed by atoms with Crippen molar-refractivity contribution in [2.24, 2.45) is 4.99 Å². The van der Waals surface area contributed by atoms with Crippen LogP contribution in [0.3, 0.4) is 0 Å². The van der Waals surface area contributed by atoms with Crippen LogP contribution < -0.4 is 5.32 Å². The Morgan fingerprint density at radius 1 is 1.32 bits per heavy atom. The Kier molecular flexibility index (Phi) is 3.58. The minimum atomic E-state index is -1.23. The molecule has 2 amide bonds. The van der Waals surface area contributed by atoms with E-state index in [9.17, 15) is 9.59 Å². The normalized spacial score (nSPS) is 22.5. The van der Waals surface area contributed by atoms with Crippen molar-refractivity contribution in [3.8, 4) is 0 Å². The monoisotopic (exact) mass is 315 g/mol. The van der Waals surface area contributed by atoms with Crippen molar-refractivity contribution in [1.29, 1.82) is 0 Å². The fourth-order valence-corrected chi connectivity index (χ4v) is 2.78. The summed E-state index contributed by atoms with van der Waals surface area (Å²) in [4.78, 5) is 30.0. The molecule has 0 fully saturated rings. The number of halogens is 1. The third-order valence-electron chi connectivity index (χ3n) is 3.58. The minimum Gasteiger partial charge on any atom is -0.325 e. The number of carbonyl (C=O) groups is 2. The highest BCUT2D eigenvalue weighted by atomic mass is 35.5. The molecule has 1 N–H and O–H groups in total. The van der Waals surface area contributed by atoms with E-state index in [1.54, 1.807) is 41.5 Å². The summed E-state index contributed by atoms with van der Waals surface area (Å²) >= 11 is 5.90. The second-order valence-electron chi connectivity index (χ2n) is 5.19. The van der Waals surface area contributed by atoms with Crippen LogP contribution >= 0.6 is 11.6 Å². The van der Waals surface area contributed by atoms with E-state index in [1.165, 1.54) is 6.92 Å². The van der Waals surface area contributed by atoms with Gasteiger partial charge in [-0.1, -0.05) is 29.8 Å². The van der Waals surface area contributed by atoms with Crippen LogP contribution in [0.5, 0.6) is 0 Å². The highest BCUT2D eigenvalue weighted by Crippen LogP contribution is 2.29. The smallest absolute Gasteiger partial charge is 0.295 e. The second-order valence-corrected chi connectivity index (χ2v) is 5.63. The molecule has 0 aliphatic carbocycles. The van der Waals surface area contributed by atoms with E-state index in [2.05, 4.69) is 10.3 Å². The molecule has 2 aliphatic rings. The highest BCUT2D eigenvalue weighted by molar-refractivity contribution is 6.30. The lowest BCUT2D eigenvalue weighted by Crippen LogP contribution is -2.62. The number of fused-ring (bicyclic) bond motifs is 1. The summed E-state index contributed by atoms with van der Waals surface area (Å²) in [7, 11) is 0. The Morgan fingerprint density at radius 3 is 2.73 bits per heavy atom. The van der Waals surface area contributed by atoms with Gasteiger partial charge in [0, 0.05) is 24.6 Å². The van der Waals surface area contributed by atoms with E-state index in [4.69, 9.17) is 11.6 Å². The van der Waals surface area contributed by atoms with Gasteiger partial charge in [0.25, 0.3) is 5.91 Å². The molecule has 3 rings (SSSR count). The summed E-state index contributed by atoms with van der Waals surface area (Å²) in [6.45, 7) is 1.39. The molecule has 6 heteroatoms. The maximum atomic E-state index is 12.5. The first kappa shape index (κ1) is 14.5. The topological polar surface area (TPSA) is 61.8 Å². The van der Waals surface area contributed by atoms with E-state index in [-0.39, 0.29) is 11.8 Å². The Morgan fingerprint density at radius 2 is 2.05 bits per heavy atom. The predicted octanol–water partition coefficient (Wildman–Crippen LogP) is 2.04. The summed E-state index contributed by atoms with van der Waals surface area (Å²) in [6.07, 6.45) is 7.39. The molecule has 1 aromatic rings. The molecule has 1 unspecified atom stereocenters.